The van der Waals surface area contributed by atoms with Gasteiger partial charge >= 0.3 is 5.97 Å². The molecule has 7 heteroatoms. The van der Waals surface area contributed by atoms with Crippen LogP contribution in [0.5, 0.6) is 0 Å². The van der Waals surface area contributed by atoms with Crippen molar-refractivity contribution in [1.29, 1.82) is 0 Å². The second kappa shape index (κ2) is 5.38. The highest BCUT2D eigenvalue weighted by Gasteiger charge is 2.13. The molecule has 0 saturated carbocycles. The summed E-state index contributed by atoms with van der Waals surface area (Å²) in [4.78, 5) is 22.3. The molecular formula is C12H13N3O4. The predicted octanol–water partition coefficient (Wildman–Crippen LogP) is 0.913. The van der Waals surface area contributed by atoms with Gasteiger partial charge in [-0.3, -0.25) is 9.48 Å². The number of furan rings is 1. The van der Waals surface area contributed by atoms with Crippen LogP contribution in [0.2, 0.25) is 0 Å². The first kappa shape index (κ1) is 12.9. The zero-order valence-corrected chi connectivity index (χ0v) is 10.3. The molecule has 0 bridgehead atoms. The van der Waals surface area contributed by atoms with Crippen LogP contribution in [0.3, 0.4) is 0 Å². The fraction of sp³-hybridized carbons (Fsp3) is 0.250. The first-order valence-corrected chi connectivity index (χ1v) is 5.65. The zero-order chi connectivity index (χ0) is 13.8. The van der Waals surface area contributed by atoms with Gasteiger partial charge in [0.05, 0.1) is 18.3 Å². The van der Waals surface area contributed by atoms with E-state index < -0.39 is 11.9 Å². The van der Waals surface area contributed by atoms with Crippen molar-refractivity contribution < 1.29 is 19.1 Å². The molecular weight excluding hydrogens is 250 g/mol. The predicted molar refractivity (Wildman–Crippen MR) is 65.0 cm³/mol. The molecule has 19 heavy (non-hydrogen) atoms. The highest BCUT2D eigenvalue weighted by molar-refractivity contribution is 5.95. The third kappa shape index (κ3) is 3.21. The van der Waals surface area contributed by atoms with Crippen LogP contribution in [-0.4, -0.2) is 33.3 Å². The number of amides is 1. The Balaban J connectivity index is 1.85. The Morgan fingerprint density at radius 2 is 2.32 bits per heavy atom. The number of carboxylic acid groups (broad SMARTS) is 1. The molecule has 2 aromatic rings. The molecule has 0 radical (unpaired) electrons. The molecule has 7 nitrogen and oxygen atoms in total. The molecule has 0 aliphatic heterocycles. The second-order valence-electron chi connectivity index (χ2n) is 4.04. The lowest BCUT2D eigenvalue weighted by Crippen LogP contribution is -2.27. The number of carboxylic acids is 1. The summed E-state index contributed by atoms with van der Waals surface area (Å²) in [5.41, 5.74) is 0.997. The second-order valence-corrected chi connectivity index (χ2v) is 4.04. The van der Waals surface area contributed by atoms with E-state index in [1.807, 2.05) is 13.1 Å². The summed E-state index contributed by atoms with van der Waals surface area (Å²) in [6, 6.07) is 1.19. The molecule has 0 atom stereocenters. The van der Waals surface area contributed by atoms with E-state index in [0.717, 1.165) is 11.8 Å². The number of carbonyl (C=O) groups excluding carboxylic acids is 1. The fourth-order valence-electron chi connectivity index (χ4n) is 1.53. The molecule has 2 N–H and O–H groups in total. The van der Waals surface area contributed by atoms with Gasteiger partial charge in [-0.15, -0.1) is 0 Å². The van der Waals surface area contributed by atoms with Crippen molar-refractivity contribution in [3.8, 4) is 0 Å². The first-order valence-electron chi connectivity index (χ1n) is 5.65. The van der Waals surface area contributed by atoms with Gasteiger partial charge in [-0.25, -0.2) is 4.79 Å². The average molecular weight is 263 g/mol. The lowest BCUT2D eigenvalue weighted by molar-refractivity contribution is 0.0696. The van der Waals surface area contributed by atoms with Gasteiger partial charge in [-0.05, 0) is 12.5 Å². The topological polar surface area (TPSA) is 97.4 Å². The largest absolute Gasteiger partial charge is 0.478 e. The van der Waals surface area contributed by atoms with E-state index in [2.05, 4.69) is 10.4 Å². The molecule has 0 fully saturated rings. The van der Waals surface area contributed by atoms with Gasteiger partial charge in [-0.1, -0.05) is 0 Å². The van der Waals surface area contributed by atoms with Gasteiger partial charge < -0.3 is 14.8 Å². The maximum atomic E-state index is 11.6. The van der Waals surface area contributed by atoms with Gasteiger partial charge in [-0.2, -0.15) is 5.10 Å². The van der Waals surface area contributed by atoms with E-state index in [1.165, 1.54) is 6.07 Å². The zero-order valence-electron chi connectivity index (χ0n) is 10.3. The number of aryl methyl sites for hydroxylation is 1. The van der Waals surface area contributed by atoms with Crippen molar-refractivity contribution in [2.45, 2.75) is 13.5 Å². The van der Waals surface area contributed by atoms with Crippen molar-refractivity contribution in [3.05, 3.63) is 41.6 Å². The third-order valence-electron chi connectivity index (χ3n) is 2.46. The van der Waals surface area contributed by atoms with Crippen molar-refractivity contribution >= 4 is 11.9 Å². The smallest absolute Gasteiger partial charge is 0.338 e. The highest BCUT2D eigenvalue weighted by Crippen LogP contribution is 2.07. The van der Waals surface area contributed by atoms with Crippen LogP contribution >= 0.6 is 0 Å². The van der Waals surface area contributed by atoms with E-state index in [-0.39, 0.29) is 11.3 Å². The van der Waals surface area contributed by atoms with Crippen LogP contribution in [0.1, 0.15) is 26.5 Å². The summed E-state index contributed by atoms with van der Waals surface area (Å²) in [5.74, 6) is -1.60. The fourth-order valence-corrected chi connectivity index (χ4v) is 1.53. The van der Waals surface area contributed by atoms with E-state index in [1.54, 1.807) is 10.9 Å². The maximum Gasteiger partial charge on any atom is 0.338 e. The molecule has 100 valence electrons. The first-order chi connectivity index (χ1) is 9.06. The summed E-state index contributed by atoms with van der Waals surface area (Å²) in [5, 5.41) is 15.4. The van der Waals surface area contributed by atoms with Gasteiger partial charge in [0.2, 0.25) is 0 Å². The van der Waals surface area contributed by atoms with E-state index in [0.29, 0.717) is 13.1 Å². The molecule has 0 aliphatic carbocycles. The third-order valence-corrected chi connectivity index (χ3v) is 2.46. The van der Waals surface area contributed by atoms with Crippen molar-refractivity contribution in [2.24, 2.45) is 0 Å². The number of carbonyl (C=O) groups is 2. The Morgan fingerprint density at radius 3 is 2.89 bits per heavy atom. The maximum absolute atomic E-state index is 11.6. The summed E-state index contributed by atoms with van der Waals surface area (Å²) in [6.07, 6.45) is 4.63. The summed E-state index contributed by atoms with van der Waals surface area (Å²) < 4.78 is 6.59. The van der Waals surface area contributed by atoms with Gasteiger partial charge in [0.15, 0.2) is 5.76 Å². The molecule has 1 amide bonds. The number of hydrogen-bond donors (Lipinski definition) is 2. The van der Waals surface area contributed by atoms with Gasteiger partial charge in [0.1, 0.15) is 6.26 Å². The van der Waals surface area contributed by atoms with Crippen LogP contribution in [0, 0.1) is 6.92 Å². The number of nitrogens with zero attached hydrogens (tertiary/aromatic N) is 2. The van der Waals surface area contributed by atoms with E-state index >= 15 is 0 Å². The Bertz CT molecular complexity index is 600. The molecule has 0 aromatic carbocycles. The molecule has 0 aliphatic rings. The summed E-state index contributed by atoms with van der Waals surface area (Å²) in [7, 11) is 0. The van der Waals surface area contributed by atoms with Crippen molar-refractivity contribution in [2.75, 3.05) is 6.54 Å². The molecule has 2 heterocycles. The molecule has 0 spiro atoms. The van der Waals surface area contributed by atoms with Crippen molar-refractivity contribution in [1.82, 2.24) is 15.1 Å². The number of aromatic nitrogens is 2. The SMILES string of the molecule is Cc1cnn(CCNC(=O)c2cc(C(=O)O)co2)c1. The summed E-state index contributed by atoms with van der Waals surface area (Å²) >= 11 is 0. The van der Waals surface area contributed by atoms with Crippen LogP contribution in [-0.2, 0) is 6.54 Å². The monoisotopic (exact) mass is 263 g/mol. The van der Waals surface area contributed by atoms with Gasteiger partial charge in [0, 0.05) is 18.8 Å². The molecule has 2 aromatic heterocycles. The number of hydrogen-bond acceptors (Lipinski definition) is 4. The molecule has 2 rings (SSSR count). The van der Waals surface area contributed by atoms with Gasteiger partial charge in [0.25, 0.3) is 5.91 Å². The van der Waals surface area contributed by atoms with Crippen molar-refractivity contribution in [3.63, 3.8) is 0 Å². The number of nitrogens with one attached hydrogen (secondary N) is 1. The normalized spacial score (nSPS) is 10.4. The van der Waals surface area contributed by atoms with E-state index in [9.17, 15) is 9.59 Å². The Hall–Kier alpha value is -2.57. The highest BCUT2D eigenvalue weighted by atomic mass is 16.4. The lowest BCUT2D eigenvalue weighted by Gasteiger charge is -2.03. The quantitative estimate of drug-likeness (QED) is 0.835. The van der Waals surface area contributed by atoms with E-state index in [4.69, 9.17) is 9.52 Å². The lowest BCUT2D eigenvalue weighted by atomic mass is 10.3. The standard InChI is InChI=1S/C12H13N3O4/c1-8-5-14-15(6-8)3-2-13-11(16)10-4-9(7-19-10)12(17)18/h4-7H,2-3H2,1H3,(H,13,16)(H,17,18). The van der Waals surface area contributed by atoms with Crippen LogP contribution in [0.4, 0.5) is 0 Å². The summed E-state index contributed by atoms with van der Waals surface area (Å²) in [6.45, 7) is 2.84. The minimum absolute atomic E-state index is 0.0194. The number of rotatable bonds is 5. The van der Waals surface area contributed by atoms with Crippen LogP contribution in [0.15, 0.2) is 29.1 Å². The van der Waals surface area contributed by atoms with Crippen LogP contribution in [0.25, 0.3) is 0 Å². The Kier molecular flexibility index (Phi) is 3.65. The Morgan fingerprint density at radius 1 is 1.53 bits per heavy atom. The minimum atomic E-state index is -1.13. The van der Waals surface area contributed by atoms with Crippen LogP contribution < -0.4 is 5.32 Å². The molecule has 0 unspecified atom stereocenters. The minimum Gasteiger partial charge on any atom is -0.478 e. The Labute approximate surface area is 108 Å². The number of aromatic carboxylic acids is 1. The average Bonchev–Trinajstić information content (AvgIpc) is 2.98. The molecule has 0 saturated heterocycles.